The summed E-state index contributed by atoms with van der Waals surface area (Å²) >= 11 is 0. The van der Waals surface area contributed by atoms with Crippen LogP contribution in [0.4, 0.5) is 13.2 Å². The lowest BCUT2D eigenvalue weighted by Gasteiger charge is -2.17. The van der Waals surface area contributed by atoms with Gasteiger partial charge in [0.05, 0.1) is 54.1 Å². The summed E-state index contributed by atoms with van der Waals surface area (Å²) in [5, 5.41) is 17.1. The first-order chi connectivity index (χ1) is 15.7. The Hall–Kier alpha value is -3.64. The standard InChI is InChI=1S/C21H17F3N6O3/c1-10-13(6-27-29-10)19-18-12(20(32)30(9-26-18)16-7-33-8-17(16)31)4-15(28-19)14-3-2-11(5-25-14)21(22,23)24/h2-6,9,16-17,31H,7-8H2,1H3,(H,27,29)/t16-,17-/m0/s1. The number of alkyl halides is 3. The van der Waals surface area contributed by atoms with Crippen LogP contribution in [0.3, 0.4) is 0 Å². The molecule has 0 spiro atoms. The average Bonchev–Trinajstić information content (AvgIpc) is 3.41. The Labute approximate surface area is 183 Å². The van der Waals surface area contributed by atoms with Gasteiger partial charge in [-0.05, 0) is 25.1 Å². The molecule has 1 aliphatic rings. The molecule has 4 aromatic rings. The quantitative estimate of drug-likeness (QED) is 0.484. The van der Waals surface area contributed by atoms with E-state index in [-0.39, 0.29) is 30.0 Å². The molecule has 2 N–H and O–H groups in total. The second-order valence-electron chi connectivity index (χ2n) is 7.72. The molecule has 1 fully saturated rings. The zero-order valence-corrected chi connectivity index (χ0v) is 17.2. The van der Waals surface area contributed by atoms with Crippen molar-refractivity contribution in [2.45, 2.75) is 25.2 Å². The van der Waals surface area contributed by atoms with Crippen molar-refractivity contribution < 1.29 is 23.0 Å². The number of aromatic amines is 1. The molecule has 12 heteroatoms. The van der Waals surface area contributed by atoms with E-state index < -0.39 is 29.4 Å². The first kappa shape index (κ1) is 21.2. The Morgan fingerprint density at radius 1 is 1.18 bits per heavy atom. The lowest BCUT2D eigenvalue weighted by Crippen LogP contribution is -2.32. The molecule has 5 rings (SSSR count). The number of nitrogens with one attached hydrogen (secondary N) is 1. The van der Waals surface area contributed by atoms with Crippen molar-refractivity contribution in [3.05, 3.63) is 58.5 Å². The largest absolute Gasteiger partial charge is 0.417 e. The summed E-state index contributed by atoms with van der Waals surface area (Å²) < 4.78 is 45.4. The second-order valence-corrected chi connectivity index (χ2v) is 7.72. The van der Waals surface area contributed by atoms with Crippen molar-refractivity contribution in [2.24, 2.45) is 0 Å². The number of rotatable bonds is 3. The van der Waals surface area contributed by atoms with E-state index in [4.69, 9.17) is 4.74 Å². The fraction of sp³-hybridized carbons (Fsp3) is 0.286. The van der Waals surface area contributed by atoms with Crippen LogP contribution in [0.2, 0.25) is 0 Å². The highest BCUT2D eigenvalue weighted by Crippen LogP contribution is 2.32. The lowest BCUT2D eigenvalue weighted by molar-refractivity contribution is -0.137. The monoisotopic (exact) mass is 458 g/mol. The molecule has 4 aromatic heterocycles. The van der Waals surface area contributed by atoms with Crippen LogP contribution in [0.15, 0.2) is 41.7 Å². The maximum Gasteiger partial charge on any atom is 0.417 e. The SMILES string of the molecule is Cc1[nH]ncc1-c1nc(-c2ccc(C(F)(F)F)cn2)cc2c(=O)n([C@H]3COC[C@@H]3O)cnc12. The molecule has 33 heavy (non-hydrogen) atoms. The Kier molecular flexibility index (Phi) is 4.98. The third-order valence-corrected chi connectivity index (χ3v) is 5.59. The first-order valence-corrected chi connectivity index (χ1v) is 9.95. The highest BCUT2D eigenvalue weighted by Gasteiger charge is 2.31. The number of hydrogen-bond acceptors (Lipinski definition) is 7. The summed E-state index contributed by atoms with van der Waals surface area (Å²) in [7, 11) is 0. The molecule has 0 unspecified atom stereocenters. The number of aryl methyl sites for hydroxylation is 1. The maximum atomic E-state index is 13.4. The summed E-state index contributed by atoms with van der Waals surface area (Å²) in [6.45, 7) is 2.03. The van der Waals surface area contributed by atoms with Crippen LogP contribution >= 0.6 is 0 Å². The normalized spacial score (nSPS) is 18.8. The number of hydrogen-bond donors (Lipinski definition) is 2. The second kappa shape index (κ2) is 7.74. The summed E-state index contributed by atoms with van der Waals surface area (Å²) in [4.78, 5) is 26.3. The molecule has 170 valence electrons. The number of pyridine rings is 2. The fourth-order valence-electron chi connectivity index (χ4n) is 3.80. The highest BCUT2D eigenvalue weighted by atomic mass is 19.4. The number of ether oxygens (including phenoxy) is 1. The van der Waals surface area contributed by atoms with Crippen LogP contribution in [-0.4, -0.2) is 54.1 Å². The Balaban J connectivity index is 1.74. The zero-order chi connectivity index (χ0) is 23.3. The van der Waals surface area contributed by atoms with E-state index in [9.17, 15) is 23.1 Å². The maximum absolute atomic E-state index is 13.4. The molecule has 5 heterocycles. The minimum Gasteiger partial charge on any atom is -0.388 e. The minimum absolute atomic E-state index is 0.103. The molecule has 2 atom stereocenters. The number of aliphatic hydroxyl groups is 1. The lowest BCUT2D eigenvalue weighted by atomic mass is 10.1. The van der Waals surface area contributed by atoms with Crippen LogP contribution in [0, 0.1) is 6.92 Å². The van der Waals surface area contributed by atoms with Gasteiger partial charge in [0.15, 0.2) is 0 Å². The van der Waals surface area contributed by atoms with Gasteiger partial charge in [-0.2, -0.15) is 18.3 Å². The molecule has 0 amide bonds. The molecule has 0 aromatic carbocycles. The average molecular weight is 458 g/mol. The third kappa shape index (κ3) is 3.66. The number of fused-ring (bicyclic) bond motifs is 1. The van der Waals surface area contributed by atoms with E-state index in [1.807, 2.05) is 0 Å². The minimum atomic E-state index is -4.52. The molecule has 0 saturated carbocycles. The van der Waals surface area contributed by atoms with Gasteiger partial charge in [0, 0.05) is 17.5 Å². The Morgan fingerprint density at radius 2 is 2.00 bits per heavy atom. The van der Waals surface area contributed by atoms with E-state index in [1.54, 1.807) is 6.92 Å². The van der Waals surface area contributed by atoms with Gasteiger partial charge in [-0.25, -0.2) is 9.97 Å². The van der Waals surface area contributed by atoms with Gasteiger partial charge in [0.2, 0.25) is 0 Å². The van der Waals surface area contributed by atoms with Crippen molar-refractivity contribution in [2.75, 3.05) is 13.2 Å². The van der Waals surface area contributed by atoms with Crippen molar-refractivity contribution in [3.63, 3.8) is 0 Å². The van der Waals surface area contributed by atoms with Crippen LogP contribution in [0.1, 0.15) is 17.3 Å². The van der Waals surface area contributed by atoms with E-state index in [0.717, 1.165) is 12.3 Å². The van der Waals surface area contributed by atoms with E-state index in [0.29, 0.717) is 22.5 Å². The number of halogens is 3. The van der Waals surface area contributed by atoms with Gasteiger partial charge in [-0.3, -0.25) is 19.4 Å². The van der Waals surface area contributed by atoms with Crippen molar-refractivity contribution in [3.8, 4) is 22.6 Å². The molecule has 9 nitrogen and oxygen atoms in total. The summed E-state index contributed by atoms with van der Waals surface area (Å²) in [6.07, 6.45) is -1.80. The molecule has 1 saturated heterocycles. The predicted octanol–water partition coefficient (Wildman–Crippen LogP) is 2.50. The van der Waals surface area contributed by atoms with Gasteiger partial charge in [0.1, 0.15) is 17.3 Å². The van der Waals surface area contributed by atoms with Gasteiger partial charge in [-0.15, -0.1) is 0 Å². The predicted molar refractivity (Wildman–Crippen MR) is 110 cm³/mol. The number of H-pyrrole nitrogens is 1. The van der Waals surface area contributed by atoms with E-state index in [1.165, 1.54) is 29.2 Å². The molecule has 0 radical (unpaired) electrons. The molecular weight excluding hydrogens is 441 g/mol. The number of aliphatic hydroxyl groups excluding tert-OH is 1. The summed E-state index contributed by atoms with van der Waals surface area (Å²) in [6, 6.07) is 2.95. The van der Waals surface area contributed by atoms with Gasteiger partial charge < -0.3 is 9.84 Å². The van der Waals surface area contributed by atoms with Crippen molar-refractivity contribution in [1.82, 2.24) is 29.7 Å². The topological polar surface area (TPSA) is 119 Å². The zero-order valence-electron chi connectivity index (χ0n) is 17.2. The summed E-state index contributed by atoms with van der Waals surface area (Å²) in [5.74, 6) is 0. The van der Waals surface area contributed by atoms with Gasteiger partial charge in [0.25, 0.3) is 5.56 Å². The van der Waals surface area contributed by atoms with Crippen molar-refractivity contribution >= 4 is 10.9 Å². The molecule has 1 aliphatic heterocycles. The first-order valence-electron chi connectivity index (χ1n) is 9.95. The van der Waals surface area contributed by atoms with Crippen LogP contribution < -0.4 is 5.56 Å². The van der Waals surface area contributed by atoms with Gasteiger partial charge >= 0.3 is 6.18 Å². The molecular formula is C21H17F3N6O3. The smallest absolute Gasteiger partial charge is 0.388 e. The number of nitrogens with zero attached hydrogens (tertiary/aromatic N) is 5. The Morgan fingerprint density at radius 3 is 2.61 bits per heavy atom. The van der Waals surface area contributed by atoms with Gasteiger partial charge in [-0.1, -0.05) is 0 Å². The van der Waals surface area contributed by atoms with Crippen LogP contribution in [0.25, 0.3) is 33.5 Å². The summed E-state index contributed by atoms with van der Waals surface area (Å²) in [5.41, 5.74) is 0.921. The Bertz CT molecular complexity index is 1400. The van der Waals surface area contributed by atoms with Crippen LogP contribution in [-0.2, 0) is 10.9 Å². The van der Waals surface area contributed by atoms with Crippen molar-refractivity contribution in [1.29, 1.82) is 0 Å². The molecule has 0 aliphatic carbocycles. The third-order valence-electron chi connectivity index (χ3n) is 5.59. The van der Waals surface area contributed by atoms with E-state index >= 15 is 0 Å². The van der Waals surface area contributed by atoms with E-state index in [2.05, 4.69) is 25.1 Å². The highest BCUT2D eigenvalue weighted by molar-refractivity contribution is 5.93. The number of aromatic nitrogens is 6. The fourth-order valence-corrected chi connectivity index (χ4v) is 3.80. The van der Waals surface area contributed by atoms with Crippen LogP contribution in [0.5, 0.6) is 0 Å². The molecule has 0 bridgehead atoms.